The molecule has 3 aliphatic carbocycles. The molecule has 2 aliphatic heterocycles. The minimum atomic E-state index is -2.14. The van der Waals surface area contributed by atoms with Crippen LogP contribution in [0.5, 0.6) is 0 Å². The highest BCUT2D eigenvalue weighted by molar-refractivity contribution is 5.17. The number of hydrogen-bond donors (Lipinski definition) is 7. The van der Waals surface area contributed by atoms with E-state index in [4.69, 9.17) is 14.2 Å². The van der Waals surface area contributed by atoms with Gasteiger partial charge in [-0.25, -0.2) is 8.78 Å². The number of aliphatic hydroxyl groups is 6. The fraction of sp³-hybridized carbons (Fsp3) is 1.00. The molecule has 5 unspecified atom stereocenters. The van der Waals surface area contributed by atoms with Crippen molar-refractivity contribution in [2.24, 2.45) is 10.8 Å². The summed E-state index contributed by atoms with van der Waals surface area (Å²) in [5.74, 6) is 0. The van der Waals surface area contributed by atoms with Crippen molar-refractivity contribution in [3.8, 4) is 0 Å². The molecule has 12 heteroatoms. The third-order valence-corrected chi connectivity index (χ3v) is 13.5. The molecule has 5 rings (SSSR count). The van der Waals surface area contributed by atoms with Gasteiger partial charge in [0, 0.05) is 5.41 Å². The van der Waals surface area contributed by atoms with Crippen molar-refractivity contribution < 1.29 is 53.6 Å². The molecular weight excluding hydrogens is 712 g/mol. The van der Waals surface area contributed by atoms with E-state index in [-0.39, 0.29) is 12.0 Å². The van der Waals surface area contributed by atoms with Crippen LogP contribution in [-0.4, -0.2) is 118 Å². The van der Waals surface area contributed by atoms with E-state index >= 15 is 0 Å². The summed E-state index contributed by atoms with van der Waals surface area (Å²) in [6, 6.07) is -0.727. The molecule has 2 bridgehead atoms. The van der Waals surface area contributed by atoms with Gasteiger partial charge in [0.25, 0.3) is 0 Å². The van der Waals surface area contributed by atoms with Crippen LogP contribution in [0.15, 0.2) is 0 Å². The lowest BCUT2D eigenvalue weighted by Crippen LogP contribution is -2.67. The standard InChI is InChI=1S/C43H79F2NO9/c1-2-3-4-5-6-7-8-9-10-13-16-19-22-33(48)35(49)32(26-54-39-38(52)37(51)36(50)34(25-47)55-39)46-43(30-53-31-43)24-21-18-15-12-11-14-17-20-23-41-27-42(28-41,29-41)40(44)45/h32-40,46-52H,2-31H2,1H3/t32-,33+,34?,35-,36?,37?,38?,39?,41?,42?/m0/s1. The molecule has 7 N–H and O–H groups in total. The lowest BCUT2D eigenvalue weighted by molar-refractivity contribution is -0.303. The number of alkyl halides is 2. The summed E-state index contributed by atoms with van der Waals surface area (Å²) in [4.78, 5) is 0. The molecular formula is C43H79F2NO9. The molecule has 0 aromatic heterocycles. The molecule has 0 aromatic carbocycles. The first kappa shape index (κ1) is 47.1. The first-order chi connectivity index (χ1) is 26.5. The van der Waals surface area contributed by atoms with E-state index in [0.29, 0.717) is 19.6 Å². The van der Waals surface area contributed by atoms with Crippen LogP contribution in [0.3, 0.4) is 0 Å². The normalized spacial score (nSPS) is 31.4. The van der Waals surface area contributed by atoms with Crippen molar-refractivity contribution in [1.82, 2.24) is 5.32 Å². The maximum Gasteiger partial charge on any atom is 0.244 e. The molecule has 10 nitrogen and oxygen atoms in total. The van der Waals surface area contributed by atoms with Gasteiger partial charge in [-0.3, -0.25) is 5.32 Å². The SMILES string of the molecule is CCCCCCCCCCCCCC[C@@H](O)[C@@H](O)[C@H](COC1OC(CO)C(O)C(O)C1O)NC1(CCCCCCCCCCC23CC(C(F)F)(C2)C3)COC1. The van der Waals surface area contributed by atoms with E-state index in [1.165, 1.54) is 77.0 Å². The fourth-order valence-corrected chi connectivity index (χ4v) is 9.91. The van der Waals surface area contributed by atoms with Crippen LogP contribution in [0, 0.1) is 10.8 Å². The Bertz CT molecular complexity index is 1020. The molecule has 3 saturated carbocycles. The maximum absolute atomic E-state index is 13.1. The Morgan fingerprint density at radius 3 is 1.69 bits per heavy atom. The number of ether oxygens (including phenoxy) is 3. The summed E-state index contributed by atoms with van der Waals surface area (Å²) in [5.41, 5.74) is -0.767. The van der Waals surface area contributed by atoms with Crippen LogP contribution >= 0.6 is 0 Å². The molecule has 55 heavy (non-hydrogen) atoms. The molecule has 0 aromatic rings. The Labute approximate surface area is 330 Å². The number of aliphatic hydroxyl groups excluding tert-OH is 6. The van der Waals surface area contributed by atoms with Crippen molar-refractivity contribution in [2.75, 3.05) is 26.4 Å². The molecule has 0 radical (unpaired) electrons. The molecule has 5 fully saturated rings. The van der Waals surface area contributed by atoms with Crippen molar-refractivity contribution in [1.29, 1.82) is 0 Å². The van der Waals surface area contributed by atoms with Crippen molar-refractivity contribution in [3.63, 3.8) is 0 Å². The Morgan fingerprint density at radius 2 is 1.20 bits per heavy atom. The summed E-state index contributed by atoms with van der Waals surface area (Å²) in [6.45, 7) is 2.45. The van der Waals surface area contributed by atoms with Crippen LogP contribution in [-0.2, 0) is 14.2 Å². The number of unbranched alkanes of at least 4 members (excludes halogenated alkanes) is 18. The van der Waals surface area contributed by atoms with Gasteiger partial charge in [0.05, 0.1) is 50.2 Å². The van der Waals surface area contributed by atoms with Gasteiger partial charge in [-0.1, -0.05) is 135 Å². The molecule has 0 amide bonds. The van der Waals surface area contributed by atoms with Gasteiger partial charge in [0.2, 0.25) is 6.43 Å². The fourth-order valence-electron chi connectivity index (χ4n) is 9.91. The second kappa shape index (κ2) is 23.9. The zero-order valence-electron chi connectivity index (χ0n) is 34.1. The van der Waals surface area contributed by atoms with Crippen molar-refractivity contribution in [3.05, 3.63) is 0 Å². The zero-order valence-corrected chi connectivity index (χ0v) is 34.1. The highest BCUT2D eigenvalue weighted by Crippen LogP contribution is 2.77. The van der Waals surface area contributed by atoms with Gasteiger partial charge in [-0.05, 0) is 43.9 Å². The van der Waals surface area contributed by atoms with Gasteiger partial charge in [-0.2, -0.15) is 0 Å². The summed E-state index contributed by atoms with van der Waals surface area (Å²) in [7, 11) is 0. The van der Waals surface area contributed by atoms with Gasteiger partial charge < -0.3 is 44.8 Å². The maximum atomic E-state index is 13.1. The average Bonchev–Trinajstić information content (AvgIpc) is 3.12. The molecule has 2 heterocycles. The van der Waals surface area contributed by atoms with Crippen LogP contribution in [0.1, 0.15) is 174 Å². The summed E-state index contributed by atoms with van der Waals surface area (Å²) in [5, 5.41) is 66.8. The van der Waals surface area contributed by atoms with E-state index < -0.39 is 72.9 Å². The Balaban J connectivity index is 1.15. The second-order valence-electron chi connectivity index (χ2n) is 18.3. The number of hydrogen-bond acceptors (Lipinski definition) is 10. The lowest BCUT2D eigenvalue weighted by Gasteiger charge is -2.70. The summed E-state index contributed by atoms with van der Waals surface area (Å²) < 4.78 is 43.3. The number of nitrogens with one attached hydrogen (secondary N) is 1. The molecule has 5 aliphatic rings. The molecule has 0 spiro atoms. The van der Waals surface area contributed by atoms with E-state index in [1.54, 1.807) is 0 Å². The van der Waals surface area contributed by atoms with Gasteiger partial charge in [-0.15, -0.1) is 0 Å². The highest BCUT2D eigenvalue weighted by Gasteiger charge is 2.70. The van der Waals surface area contributed by atoms with E-state index in [0.717, 1.165) is 83.5 Å². The van der Waals surface area contributed by atoms with Gasteiger partial charge in [0.1, 0.15) is 24.4 Å². The Hall–Kier alpha value is -0.540. The summed E-state index contributed by atoms with van der Waals surface area (Å²) in [6.07, 6.45) is 16.7. The van der Waals surface area contributed by atoms with Crippen LogP contribution in [0.4, 0.5) is 8.78 Å². The predicted molar refractivity (Wildman–Crippen MR) is 209 cm³/mol. The van der Waals surface area contributed by atoms with Crippen LogP contribution in [0.25, 0.3) is 0 Å². The second-order valence-corrected chi connectivity index (χ2v) is 18.3. The Morgan fingerprint density at radius 1 is 0.691 bits per heavy atom. The smallest absolute Gasteiger partial charge is 0.244 e. The quantitative estimate of drug-likeness (QED) is 0.0358. The minimum Gasteiger partial charge on any atom is -0.394 e. The molecule has 2 saturated heterocycles. The molecule has 8 atom stereocenters. The third kappa shape index (κ3) is 14.0. The topological polar surface area (TPSA) is 161 Å². The summed E-state index contributed by atoms with van der Waals surface area (Å²) >= 11 is 0. The largest absolute Gasteiger partial charge is 0.394 e. The van der Waals surface area contributed by atoms with Crippen molar-refractivity contribution in [2.45, 2.75) is 235 Å². The van der Waals surface area contributed by atoms with E-state index in [1.807, 2.05) is 0 Å². The first-order valence-corrected chi connectivity index (χ1v) is 22.4. The minimum absolute atomic E-state index is 0.144. The predicted octanol–water partition coefficient (Wildman–Crippen LogP) is 6.68. The lowest BCUT2D eigenvalue weighted by atomic mass is 9.34. The van der Waals surface area contributed by atoms with Crippen molar-refractivity contribution >= 4 is 0 Å². The average molecular weight is 792 g/mol. The highest BCUT2D eigenvalue weighted by atomic mass is 19.3. The van der Waals surface area contributed by atoms with E-state index in [9.17, 15) is 39.4 Å². The van der Waals surface area contributed by atoms with Crippen LogP contribution < -0.4 is 5.32 Å². The zero-order chi connectivity index (χ0) is 39.7. The molecule has 324 valence electrons. The van der Waals surface area contributed by atoms with Crippen LogP contribution in [0.2, 0.25) is 0 Å². The number of halogens is 2. The third-order valence-electron chi connectivity index (χ3n) is 13.5. The first-order valence-electron chi connectivity index (χ1n) is 22.4. The van der Waals surface area contributed by atoms with Gasteiger partial charge in [0.15, 0.2) is 6.29 Å². The monoisotopic (exact) mass is 792 g/mol. The van der Waals surface area contributed by atoms with E-state index in [2.05, 4.69) is 12.2 Å². The number of rotatable bonds is 33. The van der Waals surface area contributed by atoms with Gasteiger partial charge >= 0.3 is 0 Å². The Kier molecular flexibility index (Phi) is 20.5.